The zero-order chi connectivity index (χ0) is 14.3. The summed E-state index contributed by atoms with van der Waals surface area (Å²) in [6.07, 6.45) is 0. The predicted octanol–water partition coefficient (Wildman–Crippen LogP) is 3.00. The second-order valence-electron chi connectivity index (χ2n) is 4.91. The molecule has 0 aromatic heterocycles. The maximum atomic E-state index is 5.88. The highest BCUT2D eigenvalue weighted by Crippen LogP contribution is 2.22. The van der Waals surface area contributed by atoms with Crippen LogP contribution in [-0.2, 0) is 0 Å². The van der Waals surface area contributed by atoms with E-state index in [1.54, 1.807) is 0 Å². The predicted molar refractivity (Wildman–Crippen MR) is 81.9 cm³/mol. The highest BCUT2D eigenvalue weighted by Gasteiger charge is 2.06. The third kappa shape index (κ3) is 4.84. The number of rotatable bonds is 8. The number of likely N-dealkylation sites (N-methyl/N-ethyl adjacent to an activating group) is 1. The highest BCUT2D eigenvalue weighted by atomic mass is 16.5. The van der Waals surface area contributed by atoms with Gasteiger partial charge in [0.25, 0.3) is 0 Å². The third-order valence-electron chi connectivity index (χ3n) is 3.69. The van der Waals surface area contributed by atoms with Gasteiger partial charge in [0.2, 0.25) is 0 Å². The molecule has 108 valence electrons. The minimum Gasteiger partial charge on any atom is -0.492 e. The number of benzene rings is 1. The average Bonchev–Trinajstić information content (AvgIpc) is 2.44. The first-order chi connectivity index (χ1) is 9.12. The van der Waals surface area contributed by atoms with Gasteiger partial charge in [-0.1, -0.05) is 26.0 Å². The van der Waals surface area contributed by atoms with Crippen LogP contribution in [0.2, 0.25) is 0 Å². The summed E-state index contributed by atoms with van der Waals surface area (Å²) in [5.74, 6) is 0.999. The molecule has 0 saturated carbocycles. The molecule has 1 N–H and O–H groups in total. The Morgan fingerprint density at radius 1 is 1.26 bits per heavy atom. The van der Waals surface area contributed by atoms with Crippen molar-refractivity contribution in [2.24, 2.45) is 0 Å². The fraction of sp³-hybridized carbons (Fsp3) is 0.625. The van der Waals surface area contributed by atoms with Crippen molar-refractivity contribution in [1.29, 1.82) is 0 Å². The zero-order valence-corrected chi connectivity index (χ0v) is 13.0. The quantitative estimate of drug-likeness (QED) is 0.781. The van der Waals surface area contributed by atoms with E-state index < -0.39 is 0 Å². The van der Waals surface area contributed by atoms with Crippen LogP contribution in [0.1, 0.15) is 37.9 Å². The van der Waals surface area contributed by atoms with Crippen molar-refractivity contribution >= 4 is 0 Å². The number of nitrogens with zero attached hydrogens (tertiary/aromatic N) is 1. The Labute approximate surface area is 118 Å². The summed E-state index contributed by atoms with van der Waals surface area (Å²) in [5, 5.41) is 3.25. The molecule has 0 fully saturated rings. The van der Waals surface area contributed by atoms with Gasteiger partial charge >= 0.3 is 0 Å². The first-order valence-corrected chi connectivity index (χ1v) is 7.25. The molecule has 0 aliphatic carbocycles. The maximum Gasteiger partial charge on any atom is 0.122 e. The molecule has 0 aliphatic rings. The van der Waals surface area contributed by atoms with Crippen LogP contribution in [0.3, 0.4) is 0 Å². The number of ether oxygens (including phenoxy) is 1. The minimum absolute atomic E-state index is 0.378. The summed E-state index contributed by atoms with van der Waals surface area (Å²) in [5.41, 5.74) is 2.51. The molecule has 0 spiro atoms. The number of aryl methyl sites for hydroxylation is 1. The Morgan fingerprint density at radius 2 is 1.95 bits per heavy atom. The topological polar surface area (TPSA) is 24.5 Å². The summed E-state index contributed by atoms with van der Waals surface area (Å²) in [6, 6.07) is 6.80. The van der Waals surface area contributed by atoms with Crippen LogP contribution in [0.15, 0.2) is 18.2 Å². The first kappa shape index (κ1) is 16.0. The fourth-order valence-corrected chi connectivity index (χ4v) is 2.10. The second kappa shape index (κ2) is 8.18. The standard InChI is InChI=1S/C16H28N2O/c1-6-18(7-2)10-11-19-16-9-8-15(12-13(16)3)14(4)17-5/h8-9,12,14,17H,6-7,10-11H2,1-5H3. The van der Waals surface area contributed by atoms with Crippen molar-refractivity contribution in [3.05, 3.63) is 29.3 Å². The molecule has 3 heteroatoms. The van der Waals surface area contributed by atoms with Gasteiger partial charge in [-0.2, -0.15) is 0 Å². The normalized spacial score (nSPS) is 12.7. The van der Waals surface area contributed by atoms with Crippen molar-refractivity contribution in [1.82, 2.24) is 10.2 Å². The van der Waals surface area contributed by atoms with Gasteiger partial charge < -0.3 is 15.0 Å². The SMILES string of the molecule is CCN(CC)CCOc1ccc(C(C)NC)cc1C. The Kier molecular flexibility index (Phi) is 6.89. The summed E-state index contributed by atoms with van der Waals surface area (Å²) >= 11 is 0. The van der Waals surface area contributed by atoms with Crippen molar-refractivity contribution in [3.8, 4) is 5.75 Å². The number of hydrogen-bond donors (Lipinski definition) is 1. The van der Waals surface area contributed by atoms with E-state index in [-0.39, 0.29) is 0 Å². The summed E-state index contributed by atoms with van der Waals surface area (Å²) < 4.78 is 5.88. The van der Waals surface area contributed by atoms with Gasteiger partial charge in [0, 0.05) is 12.6 Å². The van der Waals surface area contributed by atoms with E-state index >= 15 is 0 Å². The molecule has 0 radical (unpaired) electrons. The van der Waals surface area contributed by atoms with Crippen LogP contribution >= 0.6 is 0 Å². The van der Waals surface area contributed by atoms with Gasteiger partial charge in [-0.3, -0.25) is 0 Å². The molecule has 1 aromatic rings. The van der Waals surface area contributed by atoms with E-state index in [0.29, 0.717) is 6.04 Å². The third-order valence-corrected chi connectivity index (χ3v) is 3.69. The minimum atomic E-state index is 0.378. The van der Waals surface area contributed by atoms with Gasteiger partial charge in [-0.05, 0) is 51.2 Å². The van der Waals surface area contributed by atoms with Crippen molar-refractivity contribution in [2.75, 3.05) is 33.3 Å². The molecule has 1 aromatic carbocycles. The molecule has 0 bridgehead atoms. The van der Waals surface area contributed by atoms with Crippen molar-refractivity contribution < 1.29 is 4.74 Å². The van der Waals surface area contributed by atoms with Crippen molar-refractivity contribution in [3.63, 3.8) is 0 Å². The van der Waals surface area contributed by atoms with E-state index in [1.165, 1.54) is 11.1 Å². The molecule has 0 aliphatic heterocycles. The zero-order valence-electron chi connectivity index (χ0n) is 13.0. The molecule has 0 amide bonds. The van der Waals surface area contributed by atoms with E-state index in [2.05, 4.69) is 56.1 Å². The van der Waals surface area contributed by atoms with Crippen LogP contribution < -0.4 is 10.1 Å². The molecule has 1 rings (SSSR count). The molecule has 3 nitrogen and oxygen atoms in total. The lowest BCUT2D eigenvalue weighted by molar-refractivity contribution is 0.222. The lowest BCUT2D eigenvalue weighted by Gasteiger charge is -2.19. The van der Waals surface area contributed by atoms with Crippen LogP contribution in [0.25, 0.3) is 0 Å². The molecule has 0 heterocycles. The summed E-state index contributed by atoms with van der Waals surface area (Å²) in [6.45, 7) is 12.5. The average molecular weight is 264 g/mol. The van der Waals surface area contributed by atoms with Crippen LogP contribution in [-0.4, -0.2) is 38.2 Å². The van der Waals surface area contributed by atoms with E-state index in [9.17, 15) is 0 Å². The Bertz CT molecular complexity index is 375. The van der Waals surface area contributed by atoms with E-state index in [1.807, 2.05) is 7.05 Å². The van der Waals surface area contributed by atoms with Gasteiger partial charge in [-0.25, -0.2) is 0 Å². The maximum absolute atomic E-state index is 5.88. The van der Waals surface area contributed by atoms with E-state index in [4.69, 9.17) is 4.74 Å². The lowest BCUT2D eigenvalue weighted by atomic mass is 10.1. The number of nitrogens with one attached hydrogen (secondary N) is 1. The molecular formula is C16H28N2O. The molecule has 1 unspecified atom stereocenters. The van der Waals surface area contributed by atoms with Crippen LogP contribution in [0, 0.1) is 6.92 Å². The second-order valence-corrected chi connectivity index (χ2v) is 4.91. The number of hydrogen-bond acceptors (Lipinski definition) is 3. The monoisotopic (exact) mass is 264 g/mol. The fourth-order valence-electron chi connectivity index (χ4n) is 2.10. The molecule has 1 atom stereocenters. The van der Waals surface area contributed by atoms with Gasteiger partial charge in [0.1, 0.15) is 12.4 Å². The van der Waals surface area contributed by atoms with Gasteiger partial charge in [0.05, 0.1) is 0 Å². The lowest BCUT2D eigenvalue weighted by Crippen LogP contribution is -2.28. The van der Waals surface area contributed by atoms with Crippen molar-refractivity contribution in [2.45, 2.75) is 33.7 Å². The van der Waals surface area contributed by atoms with Crippen LogP contribution in [0.4, 0.5) is 0 Å². The molecule has 19 heavy (non-hydrogen) atoms. The van der Waals surface area contributed by atoms with Gasteiger partial charge in [-0.15, -0.1) is 0 Å². The summed E-state index contributed by atoms with van der Waals surface area (Å²) in [7, 11) is 1.98. The largest absolute Gasteiger partial charge is 0.492 e. The Hall–Kier alpha value is -1.06. The van der Waals surface area contributed by atoms with Crippen LogP contribution in [0.5, 0.6) is 5.75 Å². The summed E-state index contributed by atoms with van der Waals surface area (Å²) in [4.78, 5) is 2.37. The molecule has 0 saturated heterocycles. The van der Waals surface area contributed by atoms with E-state index in [0.717, 1.165) is 32.0 Å². The first-order valence-electron chi connectivity index (χ1n) is 7.25. The molecular weight excluding hydrogens is 236 g/mol. The Balaban J connectivity index is 2.55. The highest BCUT2D eigenvalue weighted by molar-refractivity contribution is 5.37. The smallest absolute Gasteiger partial charge is 0.122 e. The van der Waals surface area contributed by atoms with Gasteiger partial charge in [0.15, 0.2) is 0 Å². The Morgan fingerprint density at radius 3 is 2.47 bits per heavy atom.